The van der Waals surface area contributed by atoms with Crippen LogP contribution in [0.25, 0.3) is 0 Å². The van der Waals surface area contributed by atoms with Gasteiger partial charge in [0.15, 0.2) is 0 Å². The van der Waals surface area contributed by atoms with E-state index in [-0.39, 0.29) is 24.5 Å². The zero-order valence-corrected chi connectivity index (χ0v) is 26.5. The Bertz CT molecular complexity index is 1190. The monoisotopic (exact) mass is 652 g/mol. The summed E-state index contributed by atoms with van der Waals surface area (Å²) in [4.78, 5) is 30.2. The summed E-state index contributed by atoms with van der Waals surface area (Å²) in [5.41, 5.74) is 4.32. The first-order chi connectivity index (χ1) is 18.8. The SMILES string of the molecule is CO[P+](=O)C(C)=N/C(=C\N=C(N)P(=O)(OC)OC)OCCOc1nc(P(=O)(OC)OC)nc([P+](O)(OC)OC)n1. The quantitative estimate of drug-likeness (QED) is 0.0749. The molecule has 0 radical (unpaired) electrons. The van der Waals surface area contributed by atoms with Crippen molar-refractivity contribution in [2.45, 2.75) is 6.92 Å². The summed E-state index contributed by atoms with van der Waals surface area (Å²) >= 11 is 0. The summed E-state index contributed by atoms with van der Waals surface area (Å²) in [5.74, 6) is -0.234. The van der Waals surface area contributed by atoms with Crippen LogP contribution in [0.5, 0.6) is 6.01 Å². The second-order valence-electron chi connectivity index (χ2n) is 6.58. The van der Waals surface area contributed by atoms with E-state index in [0.717, 1.165) is 48.9 Å². The first-order valence-corrected chi connectivity index (χ1v) is 16.5. The van der Waals surface area contributed by atoms with Crippen molar-refractivity contribution in [3.8, 4) is 6.01 Å². The van der Waals surface area contributed by atoms with Crippen LogP contribution in [0, 0.1) is 0 Å². The largest absolute Gasteiger partial charge is 0.564 e. The summed E-state index contributed by atoms with van der Waals surface area (Å²) in [6.45, 7) is 0.899. The number of nitrogens with zero attached hydrogens (tertiary/aromatic N) is 5. The van der Waals surface area contributed by atoms with E-state index in [1.807, 2.05) is 0 Å². The minimum absolute atomic E-state index is 0.0316. The van der Waals surface area contributed by atoms with Gasteiger partial charge in [0.2, 0.25) is 11.5 Å². The Balaban J connectivity index is 3.28. The third-order valence-corrected chi connectivity index (χ3v) is 10.3. The molecule has 40 heavy (non-hydrogen) atoms. The fraction of sp³-hybridized carbons (Fsp3) is 0.588. The van der Waals surface area contributed by atoms with Crippen LogP contribution in [0.4, 0.5) is 0 Å². The smallest absolute Gasteiger partial charge is 0.473 e. The number of hydrogen-bond donors (Lipinski definition) is 2. The number of aromatic nitrogens is 3. The number of nitrogens with two attached hydrogens (primary N) is 1. The maximum Gasteiger partial charge on any atom is 0.564 e. The van der Waals surface area contributed by atoms with E-state index in [4.69, 9.17) is 46.9 Å². The van der Waals surface area contributed by atoms with E-state index in [0.29, 0.717) is 0 Å². The Labute approximate surface area is 232 Å². The first-order valence-electron chi connectivity index (χ1n) is 10.6. The van der Waals surface area contributed by atoms with Crippen molar-refractivity contribution in [2.24, 2.45) is 15.7 Å². The van der Waals surface area contributed by atoms with Crippen LogP contribution in [0.15, 0.2) is 22.1 Å². The number of rotatable bonds is 18. The first kappa shape index (κ1) is 36.2. The third kappa shape index (κ3) is 9.62. The highest BCUT2D eigenvalue weighted by Crippen LogP contribution is 2.53. The molecule has 1 aromatic heterocycles. The predicted molar refractivity (Wildman–Crippen MR) is 144 cm³/mol. The van der Waals surface area contributed by atoms with Crippen LogP contribution < -0.4 is 21.6 Å². The van der Waals surface area contributed by atoms with Gasteiger partial charge in [-0.05, 0) is 4.57 Å². The second kappa shape index (κ2) is 16.6. The van der Waals surface area contributed by atoms with Gasteiger partial charge in [-0.1, -0.05) is 0 Å². The van der Waals surface area contributed by atoms with Gasteiger partial charge >= 0.3 is 42.7 Å². The average Bonchev–Trinajstić information content (AvgIpc) is 2.99. The number of hydrogen-bond acceptors (Lipinski definition) is 18. The van der Waals surface area contributed by atoms with E-state index in [2.05, 4.69) is 24.9 Å². The van der Waals surface area contributed by atoms with Crippen LogP contribution in [0.1, 0.15) is 6.92 Å². The van der Waals surface area contributed by atoms with Crippen LogP contribution in [-0.4, -0.2) is 93.9 Å². The molecule has 226 valence electrons. The molecule has 0 aliphatic carbocycles. The molecule has 1 heterocycles. The molecule has 1 unspecified atom stereocenters. The van der Waals surface area contributed by atoms with Crippen LogP contribution >= 0.6 is 31.2 Å². The Morgan fingerprint density at radius 3 is 2.10 bits per heavy atom. The van der Waals surface area contributed by atoms with Gasteiger partial charge < -0.3 is 33.3 Å². The summed E-state index contributed by atoms with van der Waals surface area (Å²) in [5, 5.41) is 0. The lowest BCUT2D eigenvalue weighted by Crippen LogP contribution is -2.31. The Hall–Kier alpha value is -1.84. The van der Waals surface area contributed by atoms with Gasteiger partial charge in [-0.25, -0.2) is 4.99 Å². The number of aliphatic imine (C=N–C) groups is 2. The minimum Gasteiger partial charge on any atom is -0.473 e. The molecule has 23 heteroatoms. The summed E-state index contributed by atoms with van der Waals surface area (Å²) in [6.07, 6.45) is 0.983. The molecule has 0 fully saturated rings. The molecule has 0 saturated heterocycles. The van der Waals surface area contributed by atoms with Crippen LogP contribution in [0.2, 0.25) is 0 Å². The second-order valence-corrected chi connectivity index (χ2v) is 14.6. The summed E-state index contributed by atoms with van der Waals surface area (Å²) < 4.78 is 82.2. The molecule has 0 aliphatic rings. The lowest BCUT2D eigenvalue weighted by Gasteiger charge is -2.15. The van der Waals surface area contributed by atoms with Crippen molar-refractivity contribution in [3.05, 3.63) is 12.1 Å². The number of amidine groups is 1. The van der Waals surface area contributed by atoms with Crippen molar-refractivity contribution in [1.29, 1.82) is 0 Å². The predicted octanol–water partition coefficient (Wildman–Crippen LogP) is 1.46. The number of ether oxygens (including phenoxy) is 2. The molecule has 0 saturated carbocycles. The van der Waals surface area contributed by atoms with Gasteiger partial charge in [0.1, 0.15) is 13.2 Å². The molecule has 1 aromatic rings. The maximum absolute atomic E-state index is 12.9. The van der Waals surface area contributed by atoms with Crippen LogP contribution in [-0.2, 0) is 50.1 Å². The van der Waals surface area contributed by atoms with Gasteiger partial charge in [0.05, 0.1) is 27.5 Å². The van der Waals surface area contributed by atoms with Gasteiger partial charge in [-0.2, -0.15) is 28.9 Å². The zero-order chi connectivity index (χ0) is 30.6. The highest BCUT2D eigenvalue weighted by atomic mass is 31.2. The lowest BCUT2D eigenvalue weighted by molar-refractivity contribution is 0.148. The van der Waals surface area contributed by atoms with Gasteiger partial charge in [-0.3, -0.25) is 9.13 Å². The summed E-state index contributed by atoms with van der Waals surface area (Å²) in [6, 6.07) is -0.415. The standard InChI is InChI=1S/C17H32N6O13P4/c1-12(37(24)28-2)20-13(11-19-14(18)38(25,29-3)30-4)35-9-10-36-15-21-16(39(26,31-5)32-6)23-17(22-15)40(27,33-7)34-8/h11,26H,9-10H2,1-8H3,(H2,18,19)/q+2/b13-11+,20-12?. The third-order valence-electron chi connectivity index (χ3n) is 4.40. The highest BCUT2D eigenvalue weighted by molar-refractivity contribution is 7.72. The topological polar surface area (TPSA) is 244 Å². The Kier molecular flexibility index (Phi) is 15.0. The highest BCUT2D eigenvalue weighted by Gasteiger charge is 2.48. The molecule has 0 amide bonds. The minimum atomic E-state index is -4.01. The van der Waals surface area contributed by atoms with E-state index in [1.54, 1.807) is 0 Å². The maximum atomic E-state index is 12.9. The van der Waals surface area contributed by atoms with Crippen molar-refractivity contribution in [2.75, 3.05) is 63.0 Å². The molecule has 3 N–H and O–H groups in total. The van der Waals surface area contributed by atoms with E-state index >= 15 is 0 Å². The van der Waals surface area contributed by atoms with Crippen molar-refractivity contribution in [1.82, 2.24) is 15.0 Å². The van der Waals surface area contributed by atoms with Gasteiger partial charge in [0.25, 0.3) is 11.0 Å². The van der Waals surface area contributed by atoms with E-state index in [9.17, 15) is 18.6 Å². The molecule has 0 aromatic carbocycles. The molecule has 1 atom stereocenters. The van der Waals surface area contributed by atoms with Crippen molar-refractivity contribution < 1.29 is 59.7 Å². The molecule has 19 nitrogen and oxygen atoms in total. The van der Waals surface area contributed by atoms with Crippen molar-refractivity contribution in [3.63, 3.8) is 0 Å². The Morgan fingerprint density at radius 1 is 1.00 bits per heavy atom. The zero-order valence-electron chi connectivity index (χ0n) is 22.9. The van der Waals surface area contributed by atoms with E-state index in [1.165, 1.54) is 14.0 Å². The van der Waals surface area contributed by atoms with E-state index < -0.39 is 53.9 Å². The fourth-order valence-corrected chi connectivity index (χ4v) is 5.34. The van der Waals surface area contributed by atoms with Crippen molar-refractivity contribution >= 4 is 53.3 Å². The molecule has 0 spiro atoms. The molecule has 0 aliphatic heterocycles. The fourth-order valence-electron chi connectivity index (χ4n) is 2.29. The van der Waals surface area contributed by atoms with Gasteiger partial charge in [0, 0.05) is 35.4 Å². The molecule has 0 bridgehead atoms. The Morgan fingerprint density at radius 2 is 1.60 bits per heavy atom. The lowest BCUT2D eigenvalue weighted by atomic mass is 10.7. The molecular weight excluding hydrogens is 620 g/mol. The molecular formula is C17H32N6O13P4+2. The average molecular weight is 652 g/mol. The van der Waals surface area contributed by atoms with Gasteiger partial charge in [-0.15, -0.1) is 9.51 Å². The normalized spacial score (nSPS) is 14.3. The van der Waals surface area contributed by atoms with Crippen LogP contribution in [0.3, 0.4) is 0 Å². The molecule has 1 rings (SSSR count). The summed E-state index contributed by atoms with van der Waals surface area (Å²) in [7, 11) is -5.93.